The van der Waals surface area contributed by atoms with Crippen LogP contribution in [0, 0.1) is 0 Å². The number of nitrogens with one attached hydrogen (secondary N) is 2. The summed E-state index contributed by atoms with van der Waals surface area (Å²) >= 11 is 11.0. The maximum absolute atomic E-state index is 11.9. The average Bonchev–Trinajstić information content (AvgIpc) is 3.16. The molecule has 1 aliphatic heterocycles. The molecule has 1 aliphatic rings. The Hall–Kier alpha value is -2.31. The summed E-state index contributed by atoms with van der Waals surface area (Å²) < 4.78 is 5.38. The van der Waals surface area contributed by atoms with Crippen LogP contribution in [0.4, 0.5) is 11.4 Å². The molecule has 0 spiro atoms. The minimum absolute atomic E-state index is 0.128. The van der Waals surface area contributed by atoms with Gasteiger partial charge in [0.25, 0.3) is 5.91 Å². The summed E-state index contributed by atoms with van der Waals surface area (Å²) in [6.45, 7) is 2.08. The second-order valence-corrected chi connectivity index (χ2v) is 6.83. The Kier molecular flexibility index (Phi) is 6.30. The van der Waals surface area contributed by atoms with Crippen molar-refractivity contribution in [2.24, 2.45) is 0 Å². The van der Waals surface area contributed by atoms with Gasteiger partial charge < -0.3 is 15.0 Å². The third-order valence-electron chi connectivity index (χ3n) is 4.03. The molecule has 1 saturated heterocycles. The van der Waals surface area contributed by atoms with E-state index in [1.807, 2.05) is 12.1 Å². The van der Waals surface area contributed by atoms with Crippen LogP contribution in [0.15, 0.2) is 48.5 Å². The molecule has 5 nitrogen and oxygen atoms in total. The van der Waals surface area contributed by atoms with Gasteiger partial charge in [-0.3, -0.25) is 10.1 Å². The highest BCUT2D eigenvalue weighted by atomic mass is 35.5. The topological polar surface area (TPSA) is 53.6 Å². The average molecular weight is 390 g/mol. The Morgan fingerprint density at radius 3 is 2.38 bits per heavy atom. The van der Waals surface area contributed by atoms with Crippen molar-refractivity contribution in [1.29, 1.82) is 0 Å². The molecule has 0 bridgehead atoms. The van der Waals surface area contributed by atoms with E-state index in [-0.39, 0.29) is 17.6 Å². The Morgan fingerprint density at radius 2 is 1.73 bits per heavy atom. The van der Waals surface area contributed by atoms with Gasteiger partial charge >= 0.3 is 0 Å². The molecule has 0 saturated carbocycles. The predicted molar refractivity (Wildman–Crippen MR) is 109 cm³/mol. The van der Waals surface area contributed by atoms with Gasteiger partial charge in [-0.05, 0) is 73.6 Å². The van der Waals surface area contributed by atoms with Gasteiger partial charge in [0.15, 0.2) is 11.7 Å². The van der Waals surface area contributed by atoms with Crippen LogP contribution in [-0.2, 0) is 4.79 Å². The van der Waals surface area contributed by atoms with Crippen molar-refractivity contribution < 1.29 is 9.53 Å². The number of hydrogen-bond donors (Lipinski definition) is 2. The Labute approximate surface area is 163 Å². The quantitative estimate of drug-likeness (QED) is 0.761. The Balaban J connectivity index is 1.44. The van der Waals surface area contributed by atoms with Crippen molar-refractivity contribution in [3.63, 3.8) is 0 Å². The van der Waals surface area contributed by atoms with E-state index in [1.54, 1.807) is 24.3 Å². The SMILES string of the molecule is O=C(COc1ccc(Cl)cc1)NC(=S)Nc1ccc(N2CCCC2)cc1. The molecule has 2 aromatic rings. The number of thiocarbonyl (C=S) groups is 1. The first-order chi connectivity index (χ1) is 12.6. The lowest BCUT2D eigenvalue weighted by Gasteiger charge is -2.18. The van der Waals surface area contributed by atoms with Gasteiger partial charge in [-0.15, -0.1) is 0 Å². The minimum atomic E-state index is -0.328. The first kappa shape index (κ1) is 18.5. The van der Waals surface area contributed by atoms with Gasteiger partial charge in [-0.2, -0.15) is 0 Å². The third-order valence-corrected chi connectivity index (χ3v) is 4.49. The van der Waals surface area contributed by atoms with Crippen molar-refractivity contribution in [3.05, 3.63) is 53.6 Å². The highest BCUT2D eigenvalue weighted by Crippen LogP contribution is 2.22. The van der Waals surface area contributed by atoms with E-state index in [1.165, 1.54) is 18.5 Å². The van der Waals surface area contributed by atoms with Crippen LogP contribution in [0.3, 0.4) is 0 Å². The fourth-order valence-corrected chi connectivity index (χ4v) is 3.09. The number of halogens is 1. The predicted octanol–water partition coefficient (Wildman–Crippen LogP) is 3.83. The van der Waals surface area contributed by atoms with E-state index in [4.69, 9.17) is 28.6 Å². The molecule has 0 unspecified atom stereocenters. The molecule has 3 rings (SSSR count). The number of anilines is 2. The van der Waals surface area contributed by atoms with Gasteiger partial charge in [0.2, 0.25) is 0 Å². The van der Waals surface area contributed by atoms with Crippen molar-refractivity contribution >= 4 is 46.2 Å². The normalized spacial score (nSPS) is 13.3. The molecule has 2 aromatic carbocycles. The molecule has 7 heteroatoms. The van der Waals surface area contributed by atoms with Crippen LogP contribution >= 0.6 is 23.8 Å². The lowest BCUT2D eigenvalue weighted by Crippen LogP contribution is -2.37. The third kappa shape index (κ3) is 5.34. The number of carbonyl (C=O) groups excluding carboxylic acids is 1. The van der Waals surface area contributed by atoms with E-state index in [0.717, 1.165) is 18.8 Å². The molecule has 1 fully saturated rings. The molecule has 2 N–H and O–H groups in total. The Bertz CT molecular complexity index is 759. The van der Waals surface area contributed by atoms with Crippen LogP contribution in [0.1, 0.15) is 12.8 Å². The smallest absolute Gasteiger partial charge is 0.264 e. The molecule has 0 atom stereocenters. The summed E-state index contributed by atoms with van der Waals surface area (Å²) in [4.78, 5) is 14.3. The van der Waals surface area contributed by atoms with Crippen LogP contribution in [0.5, 0.6) is 5.75 Å². The standard InChI is InChI=1S/C19H20ClN3O2S/c20-14-3-9-17(10-4-14)25-13-18(24)22-19(26)21-15-5-7-16(8-6-15)23-11-1-2-12-23/h3-10H,1-2,11-13H2,(H2,21,22,24,26). The molecular weight excluding hydrogens is 370 g/mol. The molecule has 1 heterocycles. The van der Waals surface area contributed by atoms with Crippen LogP contribution in [0.25, 0.3) is 0 Å². The van der Waals surface area contributed by atoms with Crippen molar-refractivity contribution in [1.82, 2.24) is 5.32 Å². The first-order valence-electron chi connectivity index (χ1n) is 8.44. The maximum atomic E-state index is 11.9. The van der Waals surface area contributed by atoms with E-state index in [0.29, 0.717) is 10.8 Å². The Morgan fingerprint density at radius 1 is 1.08 bits per heavy atom. The van der Waals surface area contributed by atoms with Gasteiger partial charge in [-0.1, -0.05) is 11.6 Å². The molecule has 1 amide bonds. The lowest BCUT2D eigenvalue weighted by atomic mass is 10.2. The number of amides is 1. The lowest BCUT2D eigenvalue weighted by molar-refractivity contribution is -0.121. The van der Waals surface area contributed by atoms with Gasteiger partial charge in [0.05, 0.1) is 0 Å². The van der Waals surface area contributed by atoms with Crippen molar-refractivity contribution in [2.75, 3.05) is 29.9 Å². The van der Waals surface area contributed by atoms with Crippen LogP contribution in [-0.4, -0.2) is 30.7 Å². The largest absolute Gasteiger partial charge is 0.484 e. The summed E-state index contributed by atoms with van der Waals surface area (Å²) in [5.74, 6) is 0.243. The van der Waals surface area contributed by atoms with Gasteiger partial charge in [0, 0.05) is 29.5 Å². The summed E-state index contributed by atoms with van der Waals surface area (Å²) in [5.41, 5.74) is 2.04. The summed E-state index contributed by atoms with van der Waals surface area (Å²) in [6, 6.07) is 14.8. The number of rotatable bonds is 5. The monoisotopic (exact) mass is 389 g/mol. The van der Waals surface area contributed by atoms with Gasteiger partial charge in [0.1, 0.15) is 5.75 Å². The number of benzene rings is 2. The number of nitrogens with zero attached hydrogens (tertiary/aromatic N) is 1. The van der Waals surface area contributed by atoms with Crippen LogP contribution in [0.2, 0.25) is 5.02 Å². The van der Waals surface area contributed by atoms with E-state index in [2.05, 4.69) is 27.7 Å². The first-order valence-corrected chi connectivity index (χ1v) is 9.23. The fraction of sp³-hybridized carbons (Fsp3) is 0.263. The highest BCUT2D eigenvalue weighted by molar-refractivity contribution is 7.80. The summed E-state index contributed by atoms with van der Waals surface area (Å²) in [7, 11) is 0. The minimum Gasteiger partial charge on any atom is -0.484 e. The number of ether oxygens (including phenoxy) is 1. The molecule has 0 aliphatic carbocycles. The summed E-state index contributed by atoms with van der Waals surface area (Å²) in [6.07, 6.45) is 2.49. The molecular formula is C19H20ClN3O2S. The van der Waals surface area contributed by atoms with Crippen molar-refractivity contribution in [3.8, 4) is 5.75 Å². The zero-order valence-electron chi connectivity index (χ0n) is 14.2. The summed E-state index contributed by atoms with van der Waals surface area (Å²) in [5, 5.41) is 6.46. The number of carbonyl (C=O) groups is 1. The second kappa shape index (κ2) is 8.87. The molecule has 136 valence electrons. The molecule has 0 aromatic heterocycles. The number of hydrogen-bond acceptors (Lipinski definition) is 4. The van der Waals surface area contributed by atoms with Crippen molar-refractivity contribution in [2.45, 2.75) is 12.8 Å². The molecule has 0 radical (unpaired) electrons. The highest BCUT2D eigenvalue weighted by Gasteiger charge is 2.12. The maximum Gasteiger partial charge on any atom is 0.264 e. The van der Waals surface area contributed by atoms with E-state index >= 15 is 0 Å². The van der Waals surface area contributed by atoms with E-state index in [9.17, 15) is 4.79 Å². The zero-order chi connectivity index (χ0) is 18.4. The van der Waals surface area contributed by atoms with Gasteiger partial charge in [-0.25, -0.2) is 0 Å². The zero-order valence-corrected chi connectivity index (χ0v) is 15.8. The fourth-order valence-electron chi connectivity index (χ4n) is 2.74. The van der Waals surface area contributed by atoms with E-state index < -0.39 is 0 Å². The second-order valence-electron chi connectivity index (χ2n) is 5.99. The van der Waals surface area contributed by atoms with Crippen LogP contribution < -0.4 is 20.3 Å². The molecule has 26 heavy (non-hydrogen) atoms.